The van der Waals surface area contributed by atoms with Crippen LogP contribution in [0.5, 0.6) is 0 Å². The summed E-state index contributed by atoms with van der Waals surface area (Å²) >= 11 is 0. The molecular weight excluding hydrogens is 198 g/mol. The number of nitrogens with two attached hydrogens (primary N) is 2. The molecule has 1 heterocycles. The topological polar surface area (TPSA) is 111 Å². The highest BCUT2D eigenvalue weighted by molar-refractivity contribution is 6.05. The molecule has 1 amide bonds. The minimum Gasteiger partial charge on any atom is -0.462 e. The van der Waals surface area contributed by atoms with Gasteiger partial charge in [0.05, 0.1) is 12.3 Å². The summed E-state index contributed by atoms with van der Waals surface area (Å²) in [6.07, 6.45) is 0. The van der Waals surface area contributed by atoms with Gasteiger partial charge in [0, 0.05) is 5.69 Å². The Morgan fingerprint density at radius 3 is 2.47 bits per heavy atom. The molecule has 0 unspecified atom stereocenters. The van der Waals surface area contributed by atoms with Gasteiger partial charge in [-0.2, -0.15) is 0 Å². The predicted octanol–water partition coefficient (Wildman–Crippen LogP) is 0.181. The Kier molecular flexibility index (Phi) is 2.99. The van der Waals surface area contributed by atoms with Crippen molar-refractivity contribution < 1.29 is 14.3 Å². The minimum atomic E-state index is -0.703. The van der Waals surface area contributed by atoms with Gasteiger partial charge in [-0.15, -0.1) is 0 Å². The number of primary amides is 1. The number of carbonyl (C=O) groups is 2. The second kappa shape index (κ2) is 4.04. The van der Waals surface area contributed by atoms with Crippen molar-refractivity contribution in [1.82, 2.24) is 4.98 Å². The fourth-order valence-electron chi connectivity index (χ4n) is 1.30. The average molecular weight is 211 g/mol. The summed E-state index contributed by atoms with van der Waals surface area (Å²) in [6, 6.07) is 0. The van der Waals surface area contributed by atoms with E-state index >= 15 is 0 Å². The van der Waals surface area contributed by atoms with E-state index < -0.39 is 11.9 Å². The highest BCUT2D eigenvalue weighted by Crippen LogP contribution is 2.21. The van der Waals surface area contributed by atoms with Gasteiger partial charge in [-0.3, -0.25) is 4.79 Å². The number of aromatic amines is 1. The number of amides is 1. The maximum Gasteiger partial charge on any atom is 0.342 e. The standard InChI is InChI=1S/C9H13N3O3/c1-3-15-9(14)5-4(2)12-7(6(5)10)8(11)13/h12H,3,10H2,1-2H3,(H2,11,13). The highest BCUT2D eigenvalue weighted by Gasteiger charge is 2.22. The van der Waals surface area contributed by atoms with Crippen LogP contribution in [0.1, 0.15) is 33.5 Å². The molecule has 0 saturated heterocycles. The zero-order valence-corrected chi connectivity index (χ0v) is 8.59. The van der Waals surface area contributed by atoms with E-state index in [1.807, 2.05) is 0 Å². The summed E-state index contributed by atoms with van der Waals surface area (Å²) in [7, 11) is 0. The third kappa shape index (κ3) is 1.93. The number of carbonyl (C=O) groups excluding carboxylic acids is 2. The Hall–Kier alpha value is -1.98. The van der Waals surface area contributed by atoms with Crippen molar-refractivity contribution in [3.05, 3.63) is 17.0 Å². The Morgan fingerprint density at radius 2 is 2.07 bits per heavy atom. The van der Waals surface area contributed by atoms with E-state index in [4.69, 9.17) is 16.2 Å². The lowest BCUT2D eigenvalue weighted by Crippen LogP contribution is -2.14. The third-order valence-corrected chi connectivity index (χ3v) is 1.95. The van der Waals surface area contributed by atoms with Crippen LogP contribution in [-0.4, -0.2) is 23.5 Å². The van der Waals surface area contributed by atoms with Gasteiger partial charge >= 0.3 is 5.97 Å². The zero-order chi connectivity index (χ0) is 11.6. The van der Waals surface area contributed by atoms with E-state index in [1.165, 1.54) is 0 Å². The number of H-pyrrole nitrogens is 1. The number of hydrogen-bond donors (Lipinski definition) is 3. The van der Waals surface area contributed by atoms with E-state index in [1.54, 1.807) is 13.8 Å². The maximum atomic E-state index is 11.4. The molecule has 0 atom stereocenters. The molecule has 0 fully saturated rings. The van der Waals surface area contributed by atoms with Crippen molar-refractivity contribution in [2.24, 2.45) is 5.73 Å². The Bertz CT molecular complexity index is 409. The number of hydrogen-bond acceptors (Lipinski definition) is 4. The van der Waals surface area contributed by atoms with E-state index in [0.29, 0.717) is 5.69 Å². The van der Waals surface area contributed by atoms with Crippen LogP contribution in [0.2, 0.25) is 0 Å². The van der Waals surface area contributed by atoms with Crippen LogP contribution in [0.15, 0.2) is 0 Å². The molecule has 0 spiro atoms. The maximum absolute atomic E-state index is 11.4. The minimum absolute atomic E-state index is 0.0375. The van der Waals surface area contributed by atoms with Crippen molar-refractivity contribution >= 4 is 17.6 Å². The molecule has 1 rings (SSSR count). The average Bonchev–Trinajstić information content (AvgIpc) is 2.42. The van der Waals surface area contributed by atoms with Crippen molar-refractivity contribution in [2.75, 3.05) is 12.3 Å². The number of aromatic nitrogens is 1. The first-order chi connectivity index (χ1) is 6.99. The van der Waals surface area contributed by atoms with Gasteiger partial charge in [-0.1, -0.05) is 0 Å². The summed E-state index contributed by atoms with van der Waals surface area (Å²) in [5.41, 5.74) is 11.4. The number of rotatable bonds is 3. The van der Waals surface area contributed by atoms with E-state index in [2.05, 4.69) is 4.98 Å². The van der Waals surface area contributed by atoms with Crippen LogP contribution in [0.3, 0.4) is 0 Å². The predicted molar refractivity (Wildman–Crippen MR) is 54.4 cm³/mol. The number of esters is 1. The highest BCUT2D eigenvalue weighted by atomic mass is 16.5. The van der Waals surface area contributed by atoms with E-state index in [0.717, 1.165) is 0 Å². The van der Waals surface area contributed by atoms with Crippen molar-refractivity contribution in [2.45, 2.75) is 13.8 Å². The van der Waals surface area contributed by atoms with Crippen LogP contribution < -0.4 is 11.5 Å². The van der Waals surface area contributed by atoms with Gasteiger partial charge in [0.1, 0.15) is 11.3 Å². The Morgan fingerprint density at radius 1 is 1.47 bits per heavy atom. The van der Waals surface area contributed by atoms with Crippen molar-refractivity contribution in [3.63, 3.8) is 0 Å². The Labute approximate surface area is 86.6 Å². The van der Waals surface area contributed by atoms with Gasteiger partial charge in [-0.05, 0) is 13.8 Å². The van der Waals surface area contributed by atoms with Crippen LogP contribution in [0.4, 0.5) is 5.69 Å². The monoisotopic (exact) mass is 211 g/mol. The molecule has 0 radical (unpaired) electrons. The van der Waals surface area contributed by atoms with Gasteiger partial charge in [0.15, 0.2) is 0 Å². The second-order valence-corrected chi connectivity index (χ2v) is 3.00. The van der Waals surface area contributed by atoms with E-state index in [-0.39, 0.29) is 23.6 Å². The first kappa shape index (κ1) is 11.1. The molecule has 0 saturated carbocycles. The third-order valence-electron chi connectivity index (χ3n) is 1.95. The summed E-state index contributed by atoms with van der Waals surface area (Å²) in [5.74, 6) is -1.26. The zero-order valence-electron chi connectivity index (χ0n) is 8.59. The largest absolute Gasteiger partial charge is 0.462 e. The van der Waals surface area contributed by atoms with Crippen LogP contribution >= 0.6 is 0 Å². The SMILES string of the molecule is CCOC(=O)c1c(C)[nH]c(C(N)=O)c1N. The molecule has 82 valence electrons. The van der Waals surface area contributed by atoms with E-state index in [9.17, 15) is 9.59 Å². The normalized spacial score (nSPS) is 10.0. The summed E-state index contributed by atoms with van der Waals surface area (Å²) in [4.78, 5) is 25.0. The molecule has 0 aromatic carbocycles. The summed E-state index contributed by atoms with van der Waals surface area (Å²) < 4.78 is 4.79. The van der Waals surface area contributed by atoms with Crippen LogP contribution in [-0.2, 0) is 4.74 Å². The van der Waals surface area contributed by atoms with Crippen molar-refractivity contribution in [1.29, 1.82) is 0 Å². The number of nitrogen functional groups attached to an aromatic ring is 1. The summed E-state index contributed by atoms with van der Waals surface area (Å²) in [6.45, 7) is 3.55. The fourth-order valence-corrected chi connectivity index (χ4v) is 1.30. The molecule has 6 nitrogen and oxygen atoms in total. The van der Waals surface area contributed by atoms with Crippen LogP contribution in [0, 0.1) is 6.92 Å². The molecule has 1 aromatic rings. The first-order valence-corrected chi connectivity index (χ1v) is 4.44. The Balaban J connectivity index is 3.19. The summed E-state index contributed by atoms with van der Waals surface area (Å²) in [5, 5.41) is 0. The molecule has 0 aliphatic carbocycles. The lowest BCUT2D eigenvalue weighted by molar-refractivity contribution is 0.0527. The molecule has 6 heteroatoms. The van der Waals surface area contributed by atoms with Crippen LogP contribution in [0.25, 0.3) is 0 Å². The van der Waals surface area contributed by atoms with Gasteiger partial charge < -0.3 is 21.2 Å². The molecule has 0 aliphatic heterocycles. The molecular formula is C9H13N3O3. The van der Waals surface area contributed by atoms with Gasteiger partial charge in [-0.25, -0.2) is 4.79 Å². The fraction of sp³-hybridized carbons (Fsp3) is 0.333. The smallest absolute Gasteiger partial charge is 0.342 e. The number of nitrogens with one attached hydrogen (secondary N) is 1. The van der Waals surface area contributed by atoms with Gasteiger partial charge in [0.25, 0.3) is 5.91 Å². The van der Waals surface area contributed by atoms with Gasteiger partial charge in [0.2, 0.25) is 0 Å². The molecule has 0 bridgehead atoms. The first-order valence-electron chi connectivity index (χ1n) is 4.44. The quantitative estimate of drug-likeness (QED) is 0.619. The second-order valence-electron chi connectivity index (χ2n) is 3.00. The number of anilines is 1. The number of ether oxygens (including phenoxy) is 1. The molecule has 0 aliphatic rings. The lowest BCUT2D eigenvalue weighted by atomic mass is 10.2. The van der Waals surface area contributed by atoms with Crippen molar-refractivity contribution in [3.8, 4) is 0 Å². The molecule has 5 N–H and O–H groups in total. The number of aryl methyl sites for hydroxylation is 1. The molecule has 15 heavy (non-hydrogen) atoms. The lowest BCUT2D eigenvalue weighted by Gasteiger charge is -2.01. The molecule has 1 aromatic heterocycles.